The van der Waals surface area contributed by atoms with Crippen LogP contribution >= 0.6 is 0 Å². The molecule has 3 saturated carbocycles. The molecule has 0 saturated heterocycles. The third kappa shape index (κ3) is 3.72. The van der Waals surface area contributed by atoms with Crippen LogP contribution in [0.15, 0.2) is 11.6 Å². The van der Waals surface area contributed by atoms with Crippen molar-refractivity contribution in [2.24, 2.45) is 46.3 Å². The van der Waals surface area contributed by atoms with Crippen LogP contribution in [0.4, 0.5) is 0 Å². The molecule has 1 nitrogen and oxygen atoms in total. The molecule has 0 aromatic rings. The molecule has 0 bridgehead atoms. The van der Waals surface area contributed by atoms with Gasteiger partial charge in [0.2, 0.25) is 0 Å². The van der Waals surface area contributed by atoms with Gasteiger partial charge in [-0.3, -0.25) is 0 Å². The molecule has 0 aromatic heterocycles. The predicted octanol–water partition coefficient (Wildman–Crippen LogP) is 7.33. The number of aliphatic hydroxyl groups excluding tert-OH is 1. The molecule has 0 spiro atoms. The summed E-state index contributed by atoms with van der Waals surface area (Å²) in [6.45, 7) is 12.4. The van der Waals surface area contributed by atoms with Gasteiger partial charge in [-0.2, -0.15) is 0 Å². The Kier molecular flexibility index (Phi) is 6.41. The van der Waals surface area contributed by atoms with Crippen molar-refractivity contribution < 1.29 is 21.1 Å². The Morgan fingerprint density at radius 2 is 1.86 bits per heavy atom. The van der Waals surface area contributed by atoms with E-state index in [1.165, 1.54) is 56.9 Å². The summed E-state index contributed by atoms with van der Waals surface area (Å²) in [6.07, 6.45) is 15.1. The number of allylic oxidation sites excluding steroid dienone is 1. The van der Waals surface area contributed by atoms with Crippen LogP contribution in [0.3, 0.4) is 0 Å². The molecule has 0 amide bonds. The SMILES string of the molecule is CC(C)CCC[C@@H](C)[C@H]1CC[C@H]2[C@@H]3CC=C4C[C@@H](O)C[CH]([Cu])[C@]4(C)[C@H]3CC[C@]12C. The topological polar surface area (TPSA) is 20.2 Å². The van der Waals surface area contributed by atoms with Crippen LogP contribution in [-0.4, -0.2) is 11.2 Å². The number of rotatable bonds is 5. The average molecular weight is 449 g/mol. The Balaban J connectivity index is 1.52. The Morgan fingerprint density at radius 3 is 2.59 bits per heavy atom. The van der Waals surface area contributed by atoms with Gasteiger partial charge >= 0.3 is 175 Å². The van der Waals surface area contributed by atoms with E-state index in [4.69, 9.17) is 16.0 Å². The van der Waals surface area contributed by atoms with Crippen LogP contribution in [0.1, 0.15) is 98.8 Å². The Bertz CT molecular complexity index is 626. The van der Waals surface area contributed by atoms with Crippen LogP contribution in [0.2, 0.25) is 4.82 Å². The van der Waals surface area contributed by atoms with Gasteiger partial charge in [0.25, 0.3) is 0 Å². The van der Waals surface area contributed by atoms with Gasteiger partial charge in [0.15, 0.2) is 0 Å². The van der Waals surface area contributed by atoms with Crippen molar-refractivity contribution in [3.63, 3.8) is 0 Å². The summed E-state index contributed by atoms with van der Waals surface area (Å²) >= 11 is 6.21. The first kappa shape index (κ1) is 22.4. The zero-order chi connectivity index (χ0) is 21.0. The third-order valence-electron chi connectivity index (χ3n) is 10.3. The molecule has 0 aliphatic heterocycles. The van der Waals surface area contributed by atoms with E-state index in [-0.39, 0.29) is 16.3 Å². The van der Waals surface area contributed by atoms with Gasteiger partial charge in [0.1, 0.15) is 0 Å². The van der Waals surface area contributed by atoms with Gasteiger partial charge in [0.05, 0.1) is 0 Å². The quantitative estimate of drug-likeness (QED) is 0.344. The molecule has 3 fully saturated rings. The Labute approximate surface area is 188 Å². The molecule has 2 heteroatoms. The summed E-state index contributed by atoms with van der Waals surface area (Å²) in [7, 11) is 0. The summed E-state index contributed by atoms with van der Waals surface area (Å²) in [5.41, 5.74) is 2.21. The Morgan fingerprint density at radius 1 is 1.10 bits per heavy atom. The van der Waals surface area contributed by atoms with E-state index in [2.05, 4.69) is 40.7 Å². The van der Waals surface area contributed by atoms with E-state index in [0.717, 1.165) is 48.3 Å². The van der Waals surface area contributed by atoms with E-state index < -0.39 is 0 Å². The molecule has 0 radical (unpaired) electrons. The van der Waals surface area contributed by atoms with Gasteiger partial charge in [-0.05, 0) is 0 Å². The van der Waals surface area contributed by atoms with Gasteiger partial charge in [-0.1, -0.05) is 13.8 Å². The minimum atomic E-state index is -0.209. The van der Waals surface area contributed by atoms with Crippen LogP contribution in [0.25, 0.3) is 0 Å². The molecule has 1 unspecified atom stereocenters. The first-order chi connectivity index (χ1) is 13.7. The third-order valence-corrected chi connectivity index (χ3v) is 11.0. The zero-order valence-corrected chi connectivity index (χ0v) is 20.5. The van der Waals surface area contributed by atoms with Crippen molar-refractivity contribution in [1.29, 1.82) is 0 Å². The summed E-state index contributed by atoms with van der Waals surface area (Å²) < 4.78 is 0. The molecule has 1 N–H and O–H groups in total. The summed E-state index contributed by atoms with van der Waals surface area (Å²) in [5.74, 6) is 5.10. The molecule has 9 atom stereocenters. The van der Waals surface area contributed by atoms with E-state index in [1.54, 1.807) is 0 Å². The normalized spacial score (nSPS) is 48.0. The van der Waals surface area contributed by atoms with Crippen LogP contribution in [0.5, 0.6) is 0 Å². The van der Waals surface area contributed by atoms with E-state index in [0.29, 0.717) is 5.41 Å². The van der Waals surface area contributed by atoms with E-state index >= 15 is 0 Å². The van der Waals surface area contributed by atoms with Crippen molar-refractivity contribution in [3.05, 3.63) is 11.6 Å². The van der Waals surface area contributed by atoms with Gasteiger partial charge in [-0.25, -0.2) is 0 Å². The van der Waals surface area contributed by atoms with Crippen molar-refractivity contribution in [2.75, 3.05) is 0 Å². The Hall–Kier alpha value is 0.219. The second-order valence-electron chi connectivity index (χ2n) is 12.2. The molecule has 0 aromatic carbocycles. The fourth-order valence-electron chi connectivity index (χ4n) is 8.63. The van der Waals surface area contributed by atoms with E-state index in [9.17, 15) is 5.11 Å². The number of fused-ring (bicyclic) bond motifs is 5. The molecule has 4 rings (SSSR count). The number of aliphatic hydroxyl groups is 1. The number of hydrogen-bond donors (Lipinski definition) is 1. The van der Waals surface area contributed by atoms with Crippen LogP contribution in [0, 0.1) is 46.3 Å². The minimum absolute atomic E-state index is 0.157. The van der Waals surface area contributed by atoms with Gasteiger partial charge in [0, 0.05) is 0 Å². The maximum absolute atomic E-state index is 10.3. The molecular weight excluding hydrogens is 404 g/mol. The average Bonchev–Trinajstić information content (AvgIpc) is 3.00. The number of hydrogen-bond acceptors (Lipinski definition) is 1. The summed E-state index contributed by atoms with van der Waals surface area (Å²) in [6, 6.07) is 0. The molecule has 29 heavy (non-hydrogen) atoms. The molecule has 0 heterocycles. The van der Waals surface area contributed by atoms with Crippen LogP contribution < -0.4 is 0 Å². The van der Waals surface area contributed by atoms with Crippen molar-refractivity contribution in [2.45, 2.75) is 110 Å². The van der Waals surface area contributed by atoms with Crippen molar-refractivity contribution >= 4 is 0 Å². The van der Waals surface area contributed by atoms with Gasteiger partial charge in [-0.15, -0.1) is 0 Å². The molecule has 4 aliphatic rings. The molecular formula is C27H45CuO. The second kappa shape index (κ2) is 8.29. The predicted molar refractivity (Wildman–Crippen MR) is 118 cm³/mol. The molecule has 170 valence electrons. The van der Waals surface area contributed by atoms with Gasteiger partial charge < -0.3 is 0 Å². The fourth-order valence-corrected chi connectivity index (χ4v) is 9.26. The van der Waals surface area contributed by atoms with Crippen molar-refractivity contribution in [3.8, 4) is 0 Å². The first-order valence-electron chi connectivity index (χ1n) is 12.6. The summed E-state index contributed by atoms with van der Waals surface area (Å²) in [4.78, 5) is 0.189. The first-order valence-corrected chi connectivity index (χ1v) is 13.2. The zero-order valence-electron chi connectivity index (χ0n) is 19.5. The second-order valence-corrected chi connectivity index (χ2v) is 12.8. The summed E-state index contributed by atoms with van der Waals surface area (Å²) in [5, 5.41) is 10.3. The van der Waals surface area contributed by atoms with Crippen LogP contribution in [-0.2, 0) is 16.0 Å². The maximum atomic E-state index is 10.3. The van der Waals surface area contributed by atoms with Crippen molar-refractivity contribution in [1.82, 2.24) is 0 Å². The standard InChI is InChI=1S/C27H45O.Cu/c1-18(2)7-6-8-19(3)23-11-12-24-22-10-9-20-17-21(28)13-15-26(20,4)25(22)14-16-27(23,24)5;/h9,15,18-19,21-25,28H,6-8,10-14,16-17H2,1-5H3;/t19-,21+,22+,23-,24+,25+,26+,27-;/m1./s1. The molecule has 4 aliphatic carbocycles. The van der Waals surface area contributed by atoms with E-state index in [1.807, 2.05) is 0 Å². The monoisotopic (exact) mass is 448 g/mol. The fraction of sp³-hybridized carbons (Fsp3) is 0.926.